The Kier molecular flexibility index (Phi) is 8.83. The van der Waals surface area contributed by atoms with E-state index in [2.05, 4.69) is 56.7 Å². The summed E-state index contributed by atoms with van der Waals surface area (Å²) >= 11 is 0. The number of fused-ring (bicyclic) bond motifs is 4. The van der Waals surface area contributed by atoms with Crippen molar-refractivity contribution in [3.8, 4) is 22.3 Å². The number of imidazole rings is 1. The molecule has 4 heterocycles. The van der Waals surface area contributed by atoms with Gasteiger partial charge in [-0.3, -0.25) is 14.4 Å². The smallest absolute Gasteiger partial charge is 0.269 e. The van der Waals surface area contributed by atoms with Crippen molar-refractivity contribution in [1.82, 2.24) is 28.7 Å². The van der Waals surface area contributed by atoms with Gasteiger partial charge in [0.25, 0.3) is 11.1 Å². The fraction of sp³-hybridized carbons (Fsp3) is 0.0870. The van der Waals surface area contributed by atoms with Crippen LogP contribution in [-0.2, 0) is 31.4 Å². The summed E-state index contributed by atoms with van der Waals surface area (Å²) in [5.74, 6) is 0.0323. The molecule has 9 aromatic rings. The monoisotopic (exact) mass is 733 g/mol. The van der Waals surface area contributed by atoms with Gasteiger partial charge in [-0.2, -0.15) is 0 Å². The largest absolute Gasteiger partial charge is 0.334 e. The molecule has 6 aromatic carbocycles. The third kappa shape index (κ3) is 6.75. The van der Waals surface area contributed by atoms with Gasteiger partial charge in [0.15, 0.2) is 0 Å². The van der Waals surface area contributed by atoms with Crippen LogP contribution in [0.4, 0.5) is 5.69 Å². The second-order valence-electron chi connectivity index (χ2n) is 13.9. The van der Waals surface area contributed by atoms with Gasteiger partial charge in [-0.15, -0.1) is 0 Å². The number of benzene rings is 6. The Morgan fingerprint density at radius 3 is 1.70 bits per heavy atom. The SMILES string of the molecule is Cn1cnc2ccc(-c3cccc(Cn4c(=O)cnc5ccccc54)c3)cc21.O=C1Cc2cc(-c3cccc(Cn4c(=O)cnc5ccccc54)c3)ccc2N1. The zero-order chi connectivity index (χ0) is 38.2. The van der Waals surface area contributed by atoms with Gasteiger partial charge in [-0.05, 0) is 99.6 Å². The molecule has 0 spiro atoms. The van der Waals surface area contributed by atoms with Gasteiger partial charge in [0.1, 0.15) is 0 Å². The van der Waals surface area contributed by atoms with E-state index in [0.29, 0.717) is 19.5 Å². The summed E-state index contributed by atoms with van der Waals surface area (Å²) in [5.41, 5.74) is 13.5. The standard InChI is InChI=1S/C23H18N4O.C23H17N3O2/c1-26-15-25-20-10-9-18(12-22(20)26)17-6-4-5-16(11-17)14-27-21-8-3-2-7-19(21)24-13-23(27)28;27-22-12-18-11-17(8-9-19(18)25-22)16-5-3-4-15(10-16)14-26-21-7-2-1-6-20(21)24-13-23(26)28/h2-13,15H,14H2,1H3;1-11,13H,12,14H2,(H,25,27). The number of aryl methyl sites for hydroxylation is 1. The van der Waals surface area contributed by atoms with E-state index in [4.69, 9.17) is 0 Å². The predicted molar refractivity (Wildman–Crippen MR) is 221 cm³/mol. The highest BCUT2D eigenvalue weighted by Crippen LogP contribution is 2.30. The molecule has 0 bridgehead atoms. The molecule has 1 aliphatic rings. The first-order chi connectivity index (χ1) is 27.4. The second-order valence-corrected chi connectivity index (χ2v) is 13.9. The molecular formula is C46H35N7O3. The molecule has 0 radical (unpaired) electrons. The van der Waals surface area contributed by atoms with Crippen molar-refractivity contribution in [3.05, 3.63) is 190 Å². The van der Waals surface area contributed by atoms with Gasteiger partial charge < -0.3 is 19.0 Å². The van der Waals surface area contributed by atoms with E-state index >= 15 is 0 Å². The number of anilines is 1. The van der Waals surface area contributed by atoms with Crippen LogP contribution in [0.2, 0.25) is 0 Å². The maximum absolute atomic E-state index is 12.4. The molecule has 1 aliphatic heterocycles. The van der Waals surface area contributed by atoms with Crippen molar-refractivity contribution in [2.45, 2.75) is 19.5 Å². The van der Waals surface area contributed by atoms with Crippen LogP contribution in [0.15, 0.2) is 162 Å². The molecule has 10 nitrogen and oxygen atoms in total. The number of para-hydroxylation sites is 4. The van der Waals surface area contributed by atoms with E-state index in [9.17, 15) is 14.4 Å². The lowest BCUT2D eigenvalue weighted by atomic mass is 10.00. The first kappa shape index (κ1) is 34.3. The number of carbonyl (C=O) groups excluding carboxylic acids is 1. The first-order valence-corrected chi connectivity index (χ1v) is 18.3. The quantitative estimate of drug-likeness (QED) is 0.188. The molecule has 1 N–H and O–H groups in total. The minimum absolute atomic E-state index is 0.0323. The molecule has 1 amide bonds. The zero-order valence-corrected chi connectivity index (χ0v) is 30.5. The summed E-state index contributed by atoms with van der Waals surface area (Å²) < 4.78 is 5.53. The Morgan fingerprint density at radius 1 is 0.536 bits per heavy atom. The summed E-state index contributed by atoms with van der Waals surface area (Å²) in [5, 5.41) is 2.86. The molecule has 0 atom stereocenters. The summed E-state index contributed by atoms with van der Waals surface area (Å²) in [6, 6.07) is 44.1. The highest BCUT2D eigenvalue weighted by Gasteiger charge is 2.18. The van der Waals surface area contributed by atoms with Crippen molar-refractivity contribution < 1.29 is 4.79 Å². The third-order valence-corrected chi connectivity index (χ3v) is 10.2. The van der Waals surface area contributed by atoms with Gasteiger partial charge in [0, 0.05) is 12.7 Å². The van der Waals surface area contributed by atoms with Crippen molar-refractivity contribution in [1.29, 1.82) is 0 Å². The molecule has 10 heteroatoms. The minimum Gasteiger partial charge on any atom is -0.334 e. The third-order valence-electron chi connectivity index (χ3n) is 10.2. The van der Waals surface area contributed by atoms with E-state index in [0.717, 1.165) is 77.7 Å². The predicted octanol–water partition coefficient (Wildman–Crippen LogP) is 7.60. The molecule has 0 saturated heterocycles. The molecule has 56 heavy (non-hydrogen) atoms. The lowest BCUT2D eigenvalue weighted by Gasteiger charge is -2.11. The summed E-state index contributed by atoms with van der Waals surface area (Å²) in [7, 11) is 2.00. The van der Waals surface area contributed by atoms with Gasteiger partial charge in [-0.1, -0.05) is 72.8 Å². The first-order valence-electron chi connectivity index (χ1n) is 18.3. The van der Waals surface area contributed by atoms with Gasteiger partial charge in [-0.25, -0.2) is 15.0 Å². The van der Waals surface area contributed by atoms with Crippen molar-refractivity contribution >= 4 is 44.7 Å². The maximum atomic E-state index is 12.4. The van der Waals surface area contributed by atoms with Gasteiger partial charge in [0.05, 0.1) is 71.3 Å². The highest BCUT2D eigenvalue weighted by molar-refractivity contribution is 5.99. The molecule has 10 rings (SSSR count). The number of hydrogen-bond acceptors (Lipinski definition) is 6. The minimum atomic E-state index is -0.119. The average molecular weight is 734 g/mol. The molecule has 272 valence electrons. The fourth-order valence-corrected chi connectivity index (χ4v) is 7.33. The van der Waals surface area contributed by atoms with Crippen LogP contribution < -0.4 is 16.4 Å². The molecular weight excluding hydrogens is 699 g/mol. The molecule has 0 unspecified atom stereocenters. The number of nitrogens with one attached hydrogen (secondary N) is 1. The summed E-state index contributed by atoms with van der Waals surface area (Å²) in [6.45, 7) is 0.977. The number of hydrogen-bond donors (Lipinski definition) is 1. The van der Waals surface area contributed by atoms with Crippen LogP contribution in [0.1, 0.15) is 16.7 Å². The van der Waals surface area contributed by atoms with Crippen LogP contribution in [0.3, 0.4) is 0 Å². The number of rotatable bonds is 6. The Hall–Kier alpha value is -7.46. The summed E-state index contributed by atoms with van der Waals surface area (Å²) in [6.07, 6.45) is 5.01. The number of aromatic nitrogens is 6. The van der Waals surface area contributed by atoms with Crippen LogP contribution in [-0.4, -0.2) is 34.6 Å². The Bertz CT molecular complexity index is 3090. The van der Waals surface area contributed by atoms with Gasteiger partial charge in [0.2, 0.25) is 5.91 Å². The van der Waals surface area contributed by atoms with Crippen LogP contribution in [0.5, 0.6) is 0 Å². The molecule has 0 fully saturated rings. The Morgan fingerprint density at radius 2 is 1.07 bits per heavy atom. The van der Waals surface area contributed by atoms with Crippen LogP contribution in [0, 0.1) is 0 Å². The second kappa shape index (κ2) is 14.4. The fourth-order valence-electron chi connectivity index (χ4n) is 7.33. The van der Waals surface area contributed by atoms with Crippen molar-refractivity contribution in [3.63, 3.8) is 0 Å². The Labute approximate surface area is 321 Å². The lowest BCUT2D eigenvalue weighted by Crippen LogP contribution is -2.21. The van der Waals surface area contributed by atoms with Crippen LogP contribution in [0.25, 0.3) is 55.4 Å². The summed E-state index contributed by atoms with van der Waals surface area (Å²) in [4.78, 5) is 49.3. The maximum Gasteiger partial charge on any atom is 0.269 e. The van der Waals surface area contributed by atoms with E-state index in [1.54, 1.807) is 9.13 Å². The molecule has 0 saturated carbocycles. The normalized spacial score (nSPS) is 12.1. The van der Waals surface area contributed by atoms with E-state index < -0.39 is 0 Å². The Balaban J connectivity index is 0.000000146. The highest BCUT2D eigenvalue weighted by atomic mass is 16.2. The van der Waals surface area contributed by atoms with E-state index in [1.807, 2.05) is 115 Å². The van der Waals surface area contributed by atoms with Crippen molar-refractivity contribution in [2.75, 3.05) is 5.32 Å². The molecule has 0 aliphatic carbocycles. The zero-order valence-electron chi connectivity index (χ0n) is 30.5. The topological polar surface area (TPSA) is 117 Å². The van der Waals surface area contributed by atoms with Crippen molar-refractivity contribution in [2.24, 2.45) is 7.05 Å². The van der Waals surface area contributed by atoms with E-state index in [-0.39, 0.29) is 17.0 Å². The lowest BCUT2D eigenvalue weighted by molar-refractivity contribution is -0.115. The number of nitrogens with zero attached hydrogens (tertiary/aromatic N) is 6. The van der Waals surface area contributed by atoms with Gasteiger partial charge >= 0.3 is 0 Å². The molecule has 3 aromatic heterocycles. The van der Waals surface area contributed by atoms with E-state index in [1.165, 1.54) is 12.4 Å². The average Bonchev–Trinajstić information content (AvgIpc) is 3.80. The number of carbonyl (C=O) groups is 1. The number of amides is 1. The van der Waals surface area contributed by atoms with Crippen LogP contribution >= 0.6 is 0 Å².